The van der Waals surface area contributed by atoms with Gasteiger partial charge < -0.3 is 14.6 Å². The number of carbonyl (C=O) groups is 1. The zero-order valence-electron chi connectivity index (χ0n) is 17.7. The summed E-state index contributed by atoms with van der Waals surface area (Å²) in [5.41, 5.74) is 5.99. The van der Waals surface area contributed by atoms with Gasteiger partial charge in [0.1, 0.15) is 5.75 Å². The number of aromatic amines is 1. The number of nitrogens with one attached hydrogen (secondary N) is 1. The zero-order chi connectivity index (χ0) is 21.2. The Bertz CT molecular complexity index is 1210. The lowest BCUT2D eigenvalue weighted by Gasteiger charge is -2.30. The summed E-state index contributed by atoms with van der Waals surface area (Å²) in [6.45, 7) is 1.47. The largest absolute Gasteiger partial charge is 0.497 e. The summed E-state index contributed by atoms with van der Waals surface area (Å²) in [6.07, 6.45) is 3.41. The van der Waals surface area contributed by atoms with Gasteiger partial charge in [-0.3, -0.25) is 4.79 Å². The molecule has 1 atom stereocenters. The second-order valence-electron chi connectivity index (χ2n) is 8.15. The van der Waals surface area contributed by atoms with Crippen molar-refractivity contribution in [2.75, 3.05) is 13.7 Å². The van der Waals surface area contributed by atoms with Crippen LogP contribution in [0.1, 0.15) is 34.6 Å². The van der Waals surface area contributed by atoms with Gasteiger partial charge in [0.2, 0.25) is 5.91 Å². The number of para-hydroxylation sites is 1. The van der Waals surface area contributed by atoms with Crippen LogP contribution in [0, 0.1) is 0 Å². The van der Waals surface area contributed by atoms with Crippen LogP contribution in [0.2, 0.25) is 0 Å². The molecule has 156 valence electrons. The molecule has 0 spiro atoms. The quantitative estimate of drug-likeness (QED) is 0.486. The fourth-order valence-electron chi connectivity index (χ4n) is 4.64. The number of H-pyrrole nitrogens is 1. The number of ether oxygens (including phenoxy) is 1. The van der Waals surface area contributed by atoms with Crippen molar-refractivity contribution < 1.29 is 9.53 Å². The van der Waals surface area contributed by atoms with Gasteiger partial charge in [0.15, 0.2) is 0 Å². The van der Waals surface area contributed by atoms with Crippen LogP contribution in [0.4, 0.5) is 0 Å². The fourth-order valence-corrected chi connectivity index (χ4v) is 4.64. The molecular formula is C27H26N2O2. The van der Waals surface area contributed by atoms with E-state index in [4.69, 9.17) is 4.74 Å². The van der Waals surface area contributed by atoms with Gasteiger partial charge in [-0.25, -0.2) is 0 Å². The lowest BCUT2D eigenvalue weighted by molar-refractivity contribution is -0.132. The number of aromatic nitrogens is 1. The van der Waals surface area contributed by atoms with Crippen LogP contribution in [-0.2, 0) is 17.8 Å². The zero-order valence-corrected chi connectivity index (χ0v) is 17.7. The van der Waals surface area contributed by atoms with Gasteiger partial charge in [0.05, 0.1) is 7.11 Å². The number of amides is 1. The Labute approximate surface area is 182 Å². The highest BCUT2D eigenvalue weighted by molar-refractivity contribution is 5.86. The van der Waals surface area contributed by atoms with Gasteiger partial charge in [0, 0.05) is 42.5 Å². The molecule has 2 heterocycles. The predicted molar refractivity (Wildman–Crippen MR) is 123 cm³/mol. The van der Waals surface area contributed by atoms with Crippen LogP contribution in [0.25, 0.3) is 10.9 Å². The third-order valence-electron chi connectivity index (χ3n) is 6.38. The molecule has 0 radical (unpaired) electrons. The van der Waals surface area contributed by atoms with Gasteiger partial charge in [-0.05, 0) is 46.9 Å². The molecule has 0 bridgehead atoms. The number of carbonyl (C=O) groups excluding carboxylic acids is 1. The van der Waals surface area contributed by atoms with E-state index in [9.17, 15) is 4.79 Å². The number of nitrogens with zero attached hydrogens (tertiary/aromatic N) is 1. The van der Waals surface area contributed by atoms with Crippen molar-refractivity contribution in [3.05, 3.63) is 101 Å². The van der Waals surface area contributed by atoms with Crippen molar-refractivity contribution >= 4 is 16.8 Å². The smallest absolute Gasteiger partial charge is 0.223 e. The third kappa shape index (κ3) is 3.81. The molecule has 3 aromatic carbocycles. The summed E-state index contributed by atoms with van der Waals surface area (Å²) in [4.78, 5) is 18.8. The summed E-state index contributed by atoms with van der Waals surface area (Å²) >= 11 is 0. The van der Waals surface area contributed by atoms with Gasteiger partial charge in [0.25, 0.3) is 0 Å². The molecule has 5 rings (SSSR count). The number of fused-ring (bicyclic) bond motifs is 2. The first-order valence-corrected chi connectivity index (χ1v) is 10.8. The molecule has 4 aromatic rings. The highest BCUT2D eigenvalue weighted by Crippen LogP contribution is 2.35. The number of hydrogen-bond donors (Lipinski definition) is 1. The molecule has 0 fully saturated rings. The van der Waals surface area contributed by atoms with Crippen molar-refractivity contribution in [3.8, 4) is 5.75 Å². The second kappa shape index (κ2) is 8.31. The third-order valence-corrected chi connectivity index (χ3v) is 6.38. The van der Waals surface area contributed by atoms with E-state index in [1.807, 2.05) is 29.2 Å². The molecule has 4 heteroatoms. The van der Waals surface area contributed by atoms with Crippen LogP contribution < -0.4 is 4.74 Å². The summed E-state index contributed by atoms with van der Waals surface area (Å²) in [5.74, 6) is 0.993. The Balaban J connectivity index is 1.46. The topological polar surface area (TPSA) is 45.3 Å². The Morgan fingerprint density at radius 3 is 2.55 bits per heavy atom. The van der Waals surface area contributed by atoms with Crippen LogP contribution >= 0.6 is 0 Å². The molecule has 1 unspecified atom stereocenters. The minimum absolute atomic E-state index is 0.0215. The molecular weight excluding hydrogens is 384 g/mol. The van der Waals surface area contributed by atoms with E-state index in [0.29, 0.717) is 13.0 Å². The molecule has 31 heavy (non-hydrogen) atoms. The average Bonchev–Trinajstić information content (AvgIpc) is 3.26. The van der Waals surface area contributed by atoms with Crippen molar-refractivity contribution in [3.63, 3.8) is 0 Å². The first-order valence-electron chi connectivity index (χ1n) is 10.8. The molecule has 0 saturated carbocycles. The van der Waals surface area contributed by atoms with Crippen LogP contribution in [0.5, 0.6) is 5.75 Å². The molecule has 4 nitrogen and oxygen atoms in total. The van der Waals surface area contributed by atoms with Crippen LogP contribution in [0.15, 0.2) is 79.0 Å². The molecule has 1 aromatic heterocycles. The maximum absolute atomic E-state index is 13.4. The molecule has 1 aliphatic heterocycles. The number of hydrogen-bond acceptors (Lipinski definition) is 2. The first kappa shape index (κ1) is 19.4. The Kier molecular flexibility index (Phi) is 5.21. The van der Waals surface area contributed by atoms with Crippen molar-refractivity contribution in [1.29, 1.82) is 0 Å². The van der Waals surface area contributed by atoms with Gasteiger partial charge >= 0.3 is 0 Å². The SMILES string of the molecule is COc1ccc(C(CC(=O)N2CCc3ccccc3C2)c2c[nH]c3ccccc23)cc1. The lowest BCUT2D eigenvalue weighted by atomic mass is 9.87. The predicted octanol–water partition coefficient (Wildman–Crippen LogP) is 5.28. The molecule has 1 N–H and O–H groups in total. The molecule has 1 amide bonds. The highest BCUT2D eigenvalue weighted by atomic mass is 16.5. The fraction of sp³-hybridized carbons (Fsp3) is 0.222. The lowest BCUT2D eigenvalue weighted by Crippen LogP contribution is -2.36. The maximum Gasteiger partial charge on any atom is 0.223 e. The van der Waals surface area contributed by atoms with Crippen molar-refractivity contribution in [1.82, 2.24) is 9.88 Å². The Morgan fingerprint density at radius 1 is 1.00 bits per heavy atom. The van der Waals surface area contributed by atoms with Crippen molar-refractivity contribution in [2.45, 2.75) is 25.3 Å². The minimum Gasteiger partial charge on any atom is -0.497 e. The maximum atomic E-state index is 13.4. The Morgan fingerprint density at radius 2 is 1.74 bits per heavy atom. The Hall–Kier alpha value is -3.53. The van der Waals surface area contributed by atoms with E-state index < -0.39 is 0 Å². The second-order valence-corrected chi connectivity index (χ2v) is 8.15. The van der Waals surface area contributed by atoms with Gasteiger partial charge in [-0.15, -0.1) is 0 Å². The first-order chi connectivity index (χ1) is 15.2. The monoisotopic (exact) mass is 410 g/mol. The van der Waals surface area contributed by atoms with E-state index in [-0.39, 0.29) is 11.8 Å². The van der Waals surface area contributed by atoms with Crippen LogP contribution in [0.3, 0.4) is 0 Å². The van der Waals surface area contributed by atoms with Crippen molar-refractivity contribution in [2.24, 2.45) is 0 Å². The highest BCUT2D eigenvalue weighted by Gasteiger charge is 2.26. The average molecular weight is 411 g/mol. The van der Waals surface area contributed by atoms with Crippen LogP contribution in [-0.4, -0.2) is 29.4 Å². The molecule has 1 aliphatic rings. The summed E-state index contributed by atoms with van der Waals surface area (Å²) in [5, 5.41) is 1.17. The normalized spacial score (nSPS) is 14.3. The van der Waals surface area contributed by atoms with E-state index >= 15 is 0 Å². The summed E-state index contributed by atoms with van der Waals surface area (Å²) in [7, 11) is 1.67. The van der Waals surface area contributed by atoms with E-state index in [2.05, 4.69) is 59.7 Å². The van der Waals surface area contributed by atoms with Gasteiger partial charge in [-0.1, -0.05) is 54.6 Å². The number of benzene rings is 3. The standard InChI is InChI=1S/C27H26N2O2/c1-31-22-12-10-20(11-13-22)24(25-17-28-26-9-5-4-8-23(25)26)16-27(30)29-15-14-19-6-2-3-7-21(19)18-29/h2-13,17,24,28H,14-16,18H2,1H3. The van der Waals surface area contributed by atoms with E-state index in [1.165, 1.54) is 16.5 Å². The van der Waals surface area contributed by atoms with Gasteiger partial charge in [-0.2, -0.15) is 0 Å². The number of methoxy groups -OCH3 is 1. The molecule has 0 saturated heterocycles. The molecule has 0 aliphatic carbocycles. The minimum atomic E-state index is -0.0215. The summed E-state index contributed by atoms with van der Waals surface area (Å²) < 4.78 is 5.34. The number of rotatable bonds is 5. The van der Waals surface area contributed by atoms with E-state index in [0.717, 1.165) is 35.4 Å². The summed E-state index contributed by atoms with van der Waals surface area (Å²) in [6, 6.07) is 24.8. The van der Waals surface area contributed by atoms with E-state index in [1.54, 1.807) is 7.11 Å².